The maximum Gasteiger partial charge on any atom is 0.338 e. The summed E-state index contributed by atoms with van der Waals surface area (Å²) in [6.07, 6.45) is 1.05. The molecule has 0 fully saturated rings. The Balaban J connectivity index is 2.81. The molecule has 1 amide bonds. The van der Waals surface area contributed by atoms with Crippen LogP contribution < -0.4 is 5.32 Å². The van der Waals surface area contributed by atoms with Crippen LogP contribution in [0.1, 0.15) is 30.1 Å². The number of carboxylic acids is 1. The van der Waals surface area contributed by atoms with Crippen molar-refractivity contribution in [2.75, 3.05) is 5.32 Å². The van der Waals surface area contributed by atoms with Crippen LogP contribution in [0.3, 0.4) is 0 Å². The van der Waals surface area contributed by atoms with Crippen LogP contribution in [0.2, 0.25) is 0 Å². The number of nitrogens with one attached hydrogen (secondary N) is 1. The molecule has 0 saturated heterocycles. The van der Waals surface area contributed by atoms with Crippen molar-refractivity contribution in [3.8, 4) is 0 Å². The second kappa shape index (κ2) is 5.25. The zero-order valence-electron chi connectivity index (χ0n) is 8.79. The number of hydrogen-bond donors (Lipinski definition) is 2. The van der Waals surface area contributed by atoms with Gasteiger partial charge in [-0.3, -0.25) is 4.79 Å². The van der Waals surface area contributed by atoms with E-state index in [4.69, 9.17) is 5.11 Å². The molecule has 1 rings (SSSR count). The highest BCUT2D eigenvalue weighted by molar-refractivity contribution is 5.92. The molecule has 0 saturated carbocycles. The standard InChI is InChI=1S/C11H12FNO3/c1-2-3-10(14)13-7-4-5-8(11(15)16)9(12)6-7/h4-6H,2-3H2,1H3,(H,13,14)(H,15,16). The van der Waals surface area contributed by atoms with Crippen LogP contribution >= 0.6 is 0 Å². The van der Waals surface area contributed by atoms with Gasteiger partial charge < -0.3 is 10.4 Å². The van der Waals surface area contributed by atoms with E-state index in [1.807, 2.05) is 6.92 Å². The summed E-state index contributed by atoms with van der Waals surface area (Å²) in [5, 5.41) is 11.1. The molecule has 0 bridgehead atoms. The molecule has 4 nitrogen and oxygen atoms in total. The van der Waals surface area contributed by atoms with Crippen LogP contribution in [0.15, 0.2) is 18.2 Å². The number of anilines is 1. The Morgan fingerprint density at radius 3 is 2.62 bits per heavy atom. The molecular formula is C11H12FNO3. The molecule has 0 aliphatic carbocycles. The van der Waals surface area contributed by atoms with Crippen molar-refractivity contribution in [1.82, 2.24) is 0 Å². The van der Waals surface area contributed by atoms with Crippen molar-refractivity contribution in [2.45, 2.75) is 19.8 Å². The molecule has 2 N–H and O–H groups in total. The topological polar surface area (TPSA) is 66.4 Å². The molecular weight excluding hydrogens is 213 g/mol. The Morgan fingerprint density at radius 1 is 1.44 bits per heavy atom. The van der Waals surface area contributed by atoms with Crippen molar-refractivity contribution in [3.63, 3.8) is 0 Å². The molecule has 0 atom stereocenters. The third-order valence-electron chi connectivity index (χ3n) is 1.96. The fourth-order valence-electron chi connectivity index (χ4n) is 1.22. The van der Waals surface area contributed by atoms with Gasteiger partial charge in [0.1, 0.15) is 5.82 Å². The van der Waals surface area contributed by atoms with Gasteiger partial charge in [0.15, 0.2) is 0 Å². The molecule has 0 unspecified atom stereocenters. The van der Waals surface area contributed by atoms with Gasteiger partial charge in [0, 0.05) is 12.1 Å². The fourth-order valence-corrected chi connectivity index (χ4v) is 1.22. The Hall–Kier alpha value is -1.91. The maximum atomic E-state index is 13.2. The highest BCUT2D eigenvalue weighted by atomic mass is 19.1. The monoisotopic (exact) mass is 225 g/mol. The molecule has 0 aromatic heterocycles. The fraction of sp³-hybridized carbons (Fsp3) is 0.273. The second-order valence-corrected chi connectivity index (χ2v) is 3.30. The number of benzene rings is 1. The van der Waals surface area contributed by atoms with Crippen molar-refractivity contribution >= 4 is 17.6 Å². The summed E-state index contributed by atoms with van der Waals surface area (Å²) >= 11 is 0. The summed E-state index contributed by atoms with van der Waals surface area (Å²) < 4.78 is 13.2. The van der Waals surface area contributed by atoms with E-state index in [0.29, 0.717) is 12.8 Å². The van der Waals surface area contributed by atoms with Gasteiger partial charge in [0.25, 0.3) is 0 Å². The number of carbonyl (C=O) groups is 2. The summed E-state index contributed by atoms with van der Waals surface area (Å²) in [4.78, 5) is 21.7. The van der Waals surface area contributed by atoms with E-state index in [2.05, 4.69) is 5.32 Å². The highest BCUT2D eigenvalue weighted by Gasteiger charge is 2.11. The Bertz CT molecular complexity index is 418. The summed E-state index contributed by atoms with van der Waals surface area (Å²) in [5.74, 6) is -2.41. The van der Waals surface area contributed by atoms with Gasteiger partial charge in [-0.15, -0.1) is 0 Å². The van der Waals surface area contributed by atoms with Crippen LogP contribution in [-0.4, -0.2) is 17.0 Å². The van der Waals surface area contributed by atoms with Gasteiger partial charge in [-0.05, 0) is 24.6 Å². The molecule has 1 aromatic rings. The van der Waals surface area contributed by atoms with E-state index in [0.717, 1.165) is 12.1 Å². The van der Waals surface area contributed by atoms with Crippen LogP contribution in [0.4, 0.5) is 10.1 Å². The van der Waals surface area contributed by atoms with E-state index < -0.39 is 17.3 Å². The smallest absolute Gasteiger partial charge is 0.338 e. The van der Waals surface area contributed by atoms with Gasteiger partial charge >= 0.3 is 5.97 Å². The van der Waals surface area contributed by atoms with Crippen molar-refractivity contribution < 1.29 is 19.1 Å². The molecule has 5 heteroatoms. The van der Waals surface area contributed by atoms with Crippen LogP contribution in [-0.2, 0) is 4.79 Å². The van der Waals surface area contributed by atoms with Gasteiger partial charge in [-0.2, -0.15) is 0 Å². The number of rotatable bonds is 4. The maximum absolute atomic E-state index is 13.2. The molecule has 0 aliphatic heterocycles. The number of carboxylic acid groups (broad SMARTS) is 1. The molecule has 16 heavy (non-hydrogen) atoms. The first-order chi connectivity index (χ1) is 7.54. The quantitative estimate of drug-likeness (QED) is 0.825. The summed E-state index contributed by atoms with van der Waals surface area (Å²) in [6, 6.07) is 3.48. The average molecular weight is 225 g/mol. The lowest BCUT2D eigenvalue weighted by atomic mass is 10.2. The third-order valence-corrected chi connectivity index (χ3v) is 1.96. The van der Waals surface area contributed by atoms with E-state index in [1.165, 1.54) is 6.07 Å². The van der Waals surface area contributed by atoms with E-state index in [9.17, 15) is 14.0 Å². The first-order valence-corrected chi connectivity index (χ1v) is 4.87. The minimum atomic E-state index is -1.33. The number of carbonyl (C=O) groups excluding carboxylic acids is 1. The summed E-state index contributed by atoms with van der Waals surface area (Å²) in [7, 11) is 0. The van der Waals surface area contributed by atoms with E-state index in [-0.39, 0.29) is 11.6 Å². The molecule has 0 radical (unpaired) electrons. The minimum Gasteiger partial charge on any atom is -0.478 e. The predicted molar refractivity (Wildman–Crippen MR) is 56.9 cm³/mol. The Labute approximate surface area is 92.1 Å². The lowest BCUT2D eigenvalue weighted by Crippen LogP contribution is -2.11. The second-order valence-electron chi connectivity index (χ2n) is 3.30. The first kappa shape index (κ1) is 12.2. The van der Waals surface area contributed by atoms with Crippen LogP contribution in [0, 0.1) is 5.82 Å². The number of aromatic carboxylic acids is 1. The molecule has 0 heterocycles. The van der Waals surface area contributed by atoms with E-state index in [1.54, 1.807) is 0 Å². The largest absolute Gasteiger partial charge is 0.478 e. The Kier molecular flexibility index (Phi) is 3.99. The van der Waals surface area contributed by atoms with Crippen LogP contribution in [0.5, 0.6) is 0 Å². The number of amides is 1. The lowest BCUT2D eigenvalue weighted by molar-refractivity contribution is -0.116. The van der Waals surface area contributed by atoms with Crippen LogP contribution in [0.25, 0.3) is 0 Å². The minimum absolute atomic E-state index is 0.218. The summed E-state index contributed by atoms with van der Waals surface area (Å²) in [6.45, 7) is 1.85. The predicted octanol–water partition coefficient (Wildman–Crippen LogP) is 2.26. The molecule has 86 valence electrons. The average Bonchev–Trinajstić information content (AvgIpc) is 2.17. The lowest BCUT2D eigenvalue weighted by Gasteiger charge is -2.05. The highest BCUT2D eigenvalue weighted by Crippen LogP contribution is 2.14. The number of halogens is 1. The van der Waals surface area contributed by atoms with Crippen molar-refractivity contribution in [3.05, 3.63) is 29.6 Å². The normalized spacial score (nSPS) is 9.88. The zero-order valence-corrected chi connectivity index (χ0v) is 8.79. The van der Waals surface area contributed by atoms with Gasteiger partial charge in [0.05, 0.1) is 5.56 Å². The van der Waals surface area contributed by atoms with Crippen molar-refractivity contribution in [1.29, 1.82) is 0 Å². The van der Waals surface area contributed by atoms with Gasteiger partial charge in [-0.1, -0.05) is 6.92 Å². The Morgan fingerprint density at radius 2 is 2.12 bits per heavy atom. The van der Waals surface area contributed by atoms with Gasteiger partial charge in [0.2, 0.25) is 5.91 Å². The SMILES string of the molecule is CCCC(=O)Nc1ccc(C(=O)O)c(F)c1. The van der Waals surface area contributed by atoms with Crippen molar-refractivity contribution in [2.24, 2.45) is 0 Å². The van der Waals surface area contributed by atoms with Gasteiger partial charge in [-0.25, -0.2) is 9.18 Å². The molecule has 0 spiro atoms. The third kappa shape index (κ3) is 3.05. The first-order valence-electron chi connectivity index (χ1n) is 4.87. The molecule has 0 aliphatic rings. The van der Waals surface area contributed by atoms with E-state index >= 15 is 0 Å². The number of hydrogen-bond acceptors (Lipinski definition) is 2. The molecule has 1 aromatic carbocycles. The zero-order chi connectivity index (χ0) is 12.1. The summed E-state index contributed by atoms with van der Waals surface area (Å²) in [5.41, 5.74) is -0.144.